The summed E-state index contributed by atoms with van der Waals surface area (Å²) in [5, 5.41) is 9.68. The second-order valence-corrected chi connectivity index (χ2v) is 6.06. The number of hydrogen-bond acceptors (Lipinski definition) is 6. The maximum absolute atomic E-state index is 12.5. The van der Waals surface area contributed by atoms with Crippen LogP contribution < -0.4 is 0 Å². The van der Waals surface area contributed by atoms with Crippen molar-refractivity contribution in [1.82, 2.24) is 19.9 Å². The van der Waals surface area contributed by atoms with Gasteiger partial charge in [-0.15, -0.1) is 11.3 Å². The molecule has 22 heavy (non-hydrogen) atoms. The minimum atomic E-state index is -0.847. The molecule has 0 spiro atoms. The Hall–Kier alpha value is -2.35. The highest BCUT2D eigenvalue weighted by molar-refractivity contribution is 7.16. The lowest BCUT2D eigenvalue weighted by atomic mass is 9.98. The molecule has 3 heterocycles. The zero-order chi connectivity index (χ0) is 15.5. The van der Waals surface area contributed by atoms with Crippen LogP contribution in [0.4, 0.5) is 0 Å². The third kappa shape index (κ3) is 2.96. The van der Waals surface area contributed by atoms with Gasteiger partial charge < -0.3 is 10.0 Å². The predicted octanol–water partition coefficient (Wildman–Crippen LogP) is 1.54. The van der Waals surface area contributed by atoms with Crippen LogP contribution in [-0.2, 0) is 4.79 Å². The summed E-state index contributed by atoms with van der Waals surface area (Å²) in [4.78, 5) is 38.0. The maximum Gasteiger partial charge on any atom is 0.308 e. The number of carbonyl (C=O) groups excluding carboxylic acids is 1. The number of carboxylic acid groups (broad SMARTS) is 1. The van der Waals surface area contributed by atoms with Gasteiger partial charge in [-0.25, -0.2) is 15.0 Å². The van der Waals surface area contributed by atoms with E-state index in [1.54, 1.807) is 23.4 Å². The highest BCUT2D eigenvalue weighted by Crippen LogP contribution is 2.25. The third-order valence-corrected chi connectivity index (χ3v) is 4.51. The molecule has 7 nitrogen and oxygen atoms in total. The molecule has 0 aromatic carbocycles. The van der Waals surface area contributed by atoms with E-state index in [-0.39, 0.29) is 12.5 Å². The van der Waals surface area contributed by atoms with E-state index in [9.17, 15) is 9.59 Å². The molecule has 1 aliphatic rings. The molecule has 1 amide bonds. The van der Waals surface area contributed by atoms with Crippen LogP contribution in [0.2, 0.25) is 0 Å². The van der Waals surface area contributed by atoms with Crippen LogP contribution in [0.15, 0.2) is 24.7 Å². The van der Waals surface area contributed by atoms with Crippen LogP contribution in [0.5, 0.6) is 0 Å². The van der Waals surface area contributed by atoms with E-state index in [4.69, 9.17) is 5.11 Å². The molecule has 1 atom stereocenters. The van der Waals surface area contributed by atoms with E-state index in [2.05, 4.69) is 15.0 Å². The minimum absolute atomic E-state index is 0.175. The number of carboxylic acids is 1. The number of amides is 1. The van der Waals surface area contributed by atoms with Gasteiger partial charge in [-0.2, -0.15) is 0 Å². The van der Waals surface area contributed by atoms with E-state index in [0.29, 0.717) is 35.1 Å². The molecule has 8 heteroatoms. The standard InChI is InChI=1S/C14H14N4O3S/c19-13(18-6-1-3-9(8-18)14(20)21)10-7-17-12(22-10)11-15-4-2-5-16-11/h2,4-5,7,9H,1,3,6,8H2,(H,20,21)/t9-/m1/s1. The topological polar surface area (TPSA) is 96.3 Å². The average Bonchev–Trinajstić information content (AvgIpc) is 3.05. The number of aromatic nitrogens is 3. The molecule has 1 saturated heterocycles. The highest BCUT2D eigenvalue weighted by Gasteiger charge is 2.29. The summed E-state index contributed by atoms with van der Waals surface area (Å²) in [5.74, 6) is -1.03. The molecular weight excluding hydrogens is 304 g/mol. The molecule has 2 aromatic heterocycles. The first-order valence-corrected chi connectivity index (χ1v) is 7.72. The predicted molar refractivity (Wildman–Crippen MR) is 79.4 cm³/mol. The Morgan fingerprint density at radius 2 is 2.05 bits per heavy atom. The van der Waals surface area contributed by atoms with Gasteiger partial charge in [-0.05, 0) is 18.9 Å². The maximum atomic E-state index is 12.5. The summed E-state index contributed by atoms with van der Waals surface area (Å²) in [6, 6.07) is 1.71. The van der Waals surface area contributed by atoms with Crippen molar-refractivity contribution in [3.8, 4) is 10.8 Å². The largest absolute Gasteiger partial charge is 0.481 e. The molecule has 0 radical (unpaired) electrons. The first-order chi connectivity index (χ1) is 10.6. The lowest BCUT2D eigenvalue weighted by molar-refractivity contribution is -0.143. The Bertz CT molecular complexity index is 688. The van der Waals surface area contributed by atoms with Gasteiger partial charge in [-0.3, -0.25) is 9.59 Å². The van der Waals surface area contributed by atoms with Crippen LogP contribution in [0.1, 0.15) is 22.5 Å². The Kier molecular flexibility index (Phi) is 4.10. The van der Waals surface area contributed by atoms with Gasteiger partial charge >= 0.3 is 5.97 Å². The van der Waals surface area contributed by atoms with Gasteiger partial charge in [0.25, 0.3) is 5.91 Å². The first kappa shape index (κ1) is 14.6. The fourth-order valence-corrected chi connectivity index (χ4v) is 3.24. The van der Waals surface area contributed by atoms with E-state index < -0.39 is 11.9 Å². The summed E-state index contributed by atoms with van der Waals surface area (Å²) in [6.07, 6.45) is 6.06. The van der Waals surface area contributed by atoms with Gasteiger partial charge in [0.1, 0.15) is 4.88 Å². The lowest BCUT2D eigenvalue weighted by Crippen LogP contribution is -2.42. The fourth-order valence-electron chi connectivity index (χ4n) is 2.40. The van der Waals surface area contributed by atoms with Crippen LogP contribution >= 0.6 is 11.3 Å². The van der Waals surface area contributed by atoms with Gasteiger partial charge in [0, 0.05) is 25.5 Å². The summed E-state index contributed by atoms with van der Waals surface area (Å²) in [7, 11) is 0. The first-order valence-electron chi connectivity index (χ1n) is 6.90. The minimum Gasteiger partial charge on any atom is -0.481 e. The molecule has 114 valence electrons. The molecule has 0 bridgehead atoms. The Labute approximate surface area is 130 Å². The fraction of sp³-hybridized carbons (Fsp3) is 0.357. The van der Waals surface area contributed by atoms with Gasteiger partial charge in [-0.1, -0.05) is 0 Å². The van der Waals surface area contributed by atoms with Crippen molar-refractivity contribution in [3.63, 3.8) is 0 Å². The molecule has 0 saturated carbocycles. The zero-order valence-corrected chi connectivity index (χ0v) is 12.5. The Morgan fingerprint density at radius 3 is 2.77 bits per heavy atom. The molecule has 2 aromatic rings. The van der Waals surface area contributed by atoms with Crippen molar-refractivity contribution in [2.45, 2.75) is 12.8 Å². The molecule has 3 rings (SSSR count). The Balaban J connectivity index is 1.76. The number of piperidine rings is 1. The van der Waals surface area contributed by atoms with Gasteiger partial charge in [0.15, 0.2) is 10.8 Å². The number of hydrogen-bond donors (Lipinski definition) is 1. The second kappa shape index (κ2) is 6.18. The number of nitrogens with zero attached hydrogens (tertiary/aromatic N) is 4. The van der Waals surface area contributed by atoms with E-state index in [1.165, 1.54) is 17.5 Å². The number of rotatable bonds is 3. The molecule has 1 fully saturated rings. The van der Waals surface area contributed by atoms with E-state index in [1.807, 2.05) is 0 Å². The summed E-state index contributed by atoms with van der Waals surface area (Å²) >= 11 is 1.22. The molecule has 0 unspecified atom stereocenters. The monoisotopic (exact) mass is 318 g/mol. The van der Waals surface area contributed by atoms with Crippen molar-refractivity contribution < 1.29 is 14.7 Å². The number of thiazole rings is 1. The van der Waals surface area contributed by atoms with Crippen molar-refractivity contribution in [2.24, 2.45) is 5.92 Å². The van der Waals surface area contributed by atoms with Crippen LogP contribution in [0, 0.1) is 5.92 Å². The summed E-state index contributed by atoms with van der Waals surface area (Å²) in [5.41, 5.74) is 0. The second-order valence-electron chi connectivity index (χ2n) is 5.03. The molecular formula is C14H14N4O3S. The molecule has 0 aliphatic carbocycles. The smallest absolute Gasteiger partial charge is 0.308 e. The van der Waals surface area contributed by atoms with Crippen LogP contribution in [0.3, 0.4) is 0 Å². The highest BCUT2D eigenvalue weighted by atomic mass is 32.1. The van der Waals surface area contributed by atoms with Crippen LogP contribution in [0.25, 0.3) is 10.8 Å². The van der Waals surface area contributed by atoms with Gasteiger partial charge in [0.05, 0.1) is 12.1 Å². The molecule has 1 N–H and O–H groups in total. The average molecular weight is 318 g/mol. The third-order valence-electron chi connectivity index (χ3n) is 3.53. The van der Waals surface area contributed by atoms with E-state index >= 15 is 0 Å². The summed E-state index contributed by atoms with van der Waals surface area (Å²) < 4.78 is 0. The number of carbonyl (C=O) groups is 2. The zero-order valence-electron chi connectivity index (χ0n) is 11.7. The number of aliphatic carboxylic acids is 1. The molecule has 1 aliphatic heterocycles. The van der Waals surface area contributed by atoms with Crippen molar-refractivity contribution in [2.75, 3.05) is 13.1 Å². The quantitative estimate of drug-likeness (QED) is 0.922. The van der Waals surface area contributed by atoms with Crippen molar-refractivity contribution >= 4 is 23.2 Å². The van der Waals surface area contributed by atoms with Crippen LogP contribution in [-0.4, -0.2) is 49.9 Å². The van der Waals surface area contributed by atoms with Crippen molar-refractivity contribution in [1.29, 1.82) is 0 Å². The van der Waals surface area contributed by atoms with Crippen molar-refractivity contribution in [3.05, 3.63) is 29.5 Å². The van der Waals surface area contributed by atoms with Gasteiger partial charge in [0.2, 0.25) is 0 Å². The number of likely N-dealkylation sites (tertiary alicyclic amines) is 1. The lowest BCUT2D eigenvalue weighted by Gasteiger charge is -2.30. The Morgan fingerprint density at radius 1 is 1.27 bits per heavy atom. The summed E-state index contributed by atoms with van der Waals surface area (Å²) in [6.45, 7) is 0.834. The SMILES string of the molecule is O=C(O)[C@@H]1CCCN(C(=O)c2cnc(-c3ncccn3)s2)C1. The van der Waals surface area contributed by atoms with E-state index in [0.717, 1.165) is 0 Å². The normalized spacial score (nSPS) is 18.2.